The van der Waals surface area contributed by atoms with Crippen LogP contribution < -0.4 is 15.5 Å². The van der Waals surface area contributed by atoms with Crippen LogP contribution in [0.15, 0.2) is 72.8 Å². The summed E-state index contributed by atoms with van der Waals surface area (Å²) >= 11 is 0. The molecule has 0 spiro atoms. The van der Waals surface area contributed by atoms with Crippen LogP contribution in [-0.2, 0) is 13.0 Å². The zero-order valence-electron chi connectivity index (χ0n) is 19.4. The van der Waals surface area contributed by atoms with Crippen LogP contribution >= 0.6 is 0 Å². The summed E-state index contributed by atoms with van der Waals surface area (Å²) in [4.78, 5) is 27.7. The van der Waals surface area contributed by atoms with E-state index in [9.17, 15) is 14.0 Å². The number of aryl methyl sites for hydroxylation is 1. The van der Waals surface area contributed by atoms with Gasteiger partial charge in [-0.1, -0.05) is 49.4 Å². The quantitative estimate of drug-likeness (QED) is 0.538. The number of anilines is 1. The number of carbonyl (C=O) groups excluding carboxylic acids is 2. The van der Waals surface area contributed by atoms with Crippen LogP contribution in [0.1, 0.15) is 51.6 Å². The van der Waals surface area contributed by atoms with Gasteiger partial charge in [0.25, 0.3) is 11.8 Å². The van der Waals surface area contributed by atoms with Crippen LogP contribution in [0.4, 0.5) is 10.1 Å². The maximum absolute atomic E-state index is 13.9. The molecule has 1 saturated heterocycles. The summed E-state index contributed by atoms with van der Waals surface area (Å²) in [5.74, 6) is -0.611. The monoisotopic (exact) mass is 459 g/mol. The smallest absolute Gasteiger partial charge is 0.253 e. The van der Waals surface area contributed by atoms with E-state index in [2.05, 4.69) is 22.5 Å². The fourth-order valence-corrected chi connectivity index (χ4v) is 4.28. The number of para-hydroxylation sites is 1. The molecule has 2 N–H and O–H groups in total. The third-order valence-corrected chi connectivity index (χ3v) is 6.34. The zero-order chi connectivity index (χ0) is 23.9. The van der Waals surface area contributed by atoms with Gasteiger partial charge >= 0.3 is 0 Å². The number of benzene rings is 3. The number of amides is 2. The van der Waals surface area contributed by atoms with E-state index in [-0.39, 0.29) is 30.2 Å². The Hall–Kier alpha value is -3.67. The van der Waals surface area contributed by atoms with E-state index in [0.717, 1.165) is 38.0 Å². The SMILES string of the molecule is CCc1ccc(C(=O)NC2CCN(c3ccccc3C(=O)NCc3ccccc3F)CC2)cc1. The second-order valence-electron chi connectivity index (χ2n) is 8.58. The van der Waals surface area contributed by atoms with E-state index < -0.39 is 0 Å². The number of rotatable bonds is 7. The normalized spacial score (nSPS) is 14.0. The van der Waals surface area contributed by atoms with Crippen LogP contribution in [0.2, 0.25) is 0 Å². The molecule has 0 saturated carbocycles. The molecule has 0 atom stereocenters. The number of hydrogen-bond donors (Lipinski definition) is 2. The van der Waals surface area contributed by atoms with E-state index in [1.165, 1.54) is 11.6 Å². The first kappa shape index (κ1) is 23.5. The second-order valence-corrected chi connectivity index (χ2v) is 8.58. The van der Waals surface area contributed by atoms with Gasteiger partial charge in [0, 0.05) is 42.5 Å². The molecule has 3 aromatic carbocycles. The topological polar surface area (TPSA) is 61.4 Å². The largest absolute Gasteiger partial charge is 0.371 e. The molecule has 34 heavy (non-hydrogen) atoms. The molecule has 3 aromatic rings. The molecule has 0 unspecified atom stereocenters. The first-order valence-electron chi connectivity index (χ1n) is 11.8. The third-order valence-electron chi connectivity index (χ3n) is 6.34. The van der Waals surface area contributed by atoms with Crippen molar-refractivity contribution in [2.75, 3.05) is 18.0 Å². The molecule has 0 aliphatic carbocycles. The van der Waals surface area contributed by atoms with Gasteiger partial charge in [-0.2, -0.15) is 0 Å². The molecule has 1 heterocycles. The summed E-state index contributed by atoms with van der Waals surface area (Å²) in [5.41, 5.74) is 3.76. The Morgan fingerprint density at radius 2 is 1.59 bits per heavy atom. The fourth-order valence-electron chi connectivity index (χ4n) is 4.28. The molecule has 176 valence electrons. The van der Waals surface area contributed by atoms with Crippen molar-refractivity contribution in [3.63, 3.8) is 0 Å². The lowest BCUT2D eigenvalue weighted by Gasteiger charge is -2.35. The molecule has 0 bridgehead atoms. The minimum absolute atomic E-state index is 0.0472. The Kier molecular flexibility index (Phi) is 7.58. The molecule has 2 amide bonds. The summed E-state index contributed by atoms with van der Waals surface area (Å²) in [5, 5.41) is 5.98. The minimum atomic E-state index is -0.332. The Morgan fingerprint density at radius 1 is 0.912 bits per heavy atom. The van der Waals surface area contributed by atoms with E-state index in [0.29, 0.717) is 16.7 Å². The lowest BCUT2D eigenvalue weighted by Crippen LogP contribution is -2.45. The summed E-state index contributed by atoms with van der Waals surface area (Å²) in [6, 6.07) is 21.7. The van der Waals surface area contributed by atoms with Gasteiger partial charge in [-0.3, -0.25) is 9.59 Å². The molecular formula is C28H30FN3O2. The fraction of sp³-hybridized carbons (Fsp3) is 0.286. The van der Waals surface area contributed by atoms with Crippen molar-refractivity contribution in [1.29, 1.82) is 0 Å². The Labute approximate surface area is 200 Å². The van der Waals surface area contributed by atoms with Crippen LogP contribution in [0.25, 0.3) is 0 Å². The molecule has 1 aliphatic heterocycles. The van der Waals surface area contributed by atoms with Gasteiger partial charge in [0.15, 0.2) is 0 Å². The van der Waals surface area contributed by atoms with E-state index in [1.807, 2.05) is 42.5 Å². The number of carbonyl (C=O) groups is 2. The van der Waals surface area contributed by atoms with Crippen molar-refractivity contribution >= 4 is 17.5 Å². The molecule has 4 rings (SSSR count). The zero-order valence-corrected chi connectivity index (χ0v) is 19.4. The summed E-state index contributed by atoms with van der Waals surface area (Å²) in [7, 11) is 0. The van der Waals surface area contributed by atoms with Crippen molar-refractivity contribution in [3.05, 3.63) is 101 Å². The molecule has 0 aromatic heterocycles. The molecular weight excluding hydrogens is 429 g/mol. The van der Waals surface area contributed by atoms with Crippen molar-refractivity contribution in [3.8, 4) is 0 Å². The maximum atomic E-state index is 13.9. The minimum Gasteiger partial charge on any atom is -0.371 e. The predicted octanol–water partition coefficient (Wildman–Crippen LogP) is 4.72. The van der Waals surface area contributed by atoms with E-state index in [1.54, 1.807) is 24.3 Å². The third kappa shape index (κ3) is 5.63. The van der Waals surface area contributed by atoms with Gasteiger partial charge in [-0.15, -0.1) is 0 Å². The highest BCUT2D eigenvalue weighted by atomic mass is 19.1. The average Bonchev–Trinajstić information content (AvgIpc) is 2.88. The lowest BCUT2D eigenvalue weighted by molar-refractivity contribution is 0.0929. The number of hydrogen-bond acceptors (Lipinski definition) is 3. The summed E-state index contributed by atoms with van der Waals surface area (Å²) in [6.45, 7) is 3.69. The molecule has 6 heteroatoms. The second kappa shape index (κ2) is 11.0. The standard InChI is InChI=1S/C28H30FN3O2/c1-2-20-11-13-21(14-12-20)27(33)31-23-15-17-32(18-16-23)26-10-6-4-8-24(26)28(34)30-19-22-7-3-5-9-25(22)29/h3-14,23H,2,15-19H2,1H3,(H,30,34)(H,31,33). The van der Waals surface area contributed by atoms with Crippen molar-refractivity contribution < 1.29 is 14.0 Å². The summed E-state index contributed by atoms with van der Waals surface area (Å²) in [6.07, 6.45) is 2.54. The highest BCUT2D eigenvalue weighted by Crippen LogP contribution is 2.25. The van der Waals surface area contributed by atoms with Crippen molar-refractivity contribution in [2.45, 2.75) is 38.8 Å². The van der Waals surface area contributed by atoms with Crippen molar-refractivity contribution in [2.24, 2.45) is 0 Å². The first-order chi connectivity index (χ1) is 16.5. The summed E-state index contributed by atoms with van der Waals surface area (Å²) < 4.78 is 13.9. The maximum Gasteiger partial charge on any atom is 0.253 e. The van der Waals surface area contributed by atoms with E-state index >= 15 is 0 Å². The van der Waals surface area contributed by atoms with Gasteiger partial charge in [-0.05, 0) is 55.2 Å². The first-order valence-corrected chi connectivity index (χ1v) is 11.8. The molecule has 1 fully saturated rings. The highest BCUT2D eigenvalue weighted by Gasteiger charge is 2.24. The number of piperidine rings is 1. The Bertz CT molecular complexity index is 1140. The van der Waals surface area contributed by atoms with Gasteiger partial charge in [0.05, 0.1) is 5.56 Å². The van der Waals surface area contributed by atoms with Crippen LogP contribution in [0.3, 0.4) is 0 Å². The van der Waals surface area contributed by atoms with Gasteiger partial charge in [0.1, 0.15) is 5.82 Å². The van der Waals surface area contributed by atoms with Gasteiger partial charge in [0.2, 0.25) is 0 Å². The predicted molar refractivity (Wildman–Crippen MR) is 133 cm³/mol. The van der Waals surface area contributed by atoms with Crippen LogP contribution in [-0.4, -0.2) is 30.9 Å². The number of nitrogens with zero attached hydrogens (tertiary/aromatic N) is 1. The van der Waals surface area contributed by atoms with Crippen molar-refractivity contribution in [1.82, 2.24) is 10.6 Å². The lowest BCUT2D eigenvalue weighted by atomic mass is 10.0. The average molecular weight is 460 g/mol. The van der Waals surface area contributed by atoms with E-state index in [4.69, 9.17) is 0 Å². The van der Waals surface area contributed by atoms with Crippen LogP contribution in [0, 0.1) is 5.82 Å². The number of halogens is 1. The highest BCUT2D eigenvalue weighted by molar-refractivity contribution is 5.99. The number of nitrogens with one attached hydrogen (secondary N) is 2. The van der Waals surface area contributed by atoms with Crippen LogP contribution in [0.5, 0.6) is 0 Å². The molecule has 5 nitrogen and oxygen atoms in total. The van der Waals surface area contributed by atoms with Gasteiger partial charge < -0.3 is 15.5 Å². The molecule has 1 aliphatic rings. The Morgan fingerprint density at radius 3 is 2.29 bits per heavy atom. The Balaban J connectivity index is 1.34. The van der Waals surface area contributed by atoms with Gasteiger partial charge in [-0.25, -0.2) is 4.39 Å². The molecule has 0 radical (unpaired) electrons.